The molecule has 0 aromatic heterocycles. The number of esters is 2. The molecule has 0 N–H and O–H groups in total. The molecule has 0 aliphatic heterocycles. The lowest BCUT2D eigenvalue weighted by molar-refractivity contribution is -0.385. The third-order valence-electron chi connectivity index (χ3n) is 2.74. The quantitative estimate of drug-likeness (QED) is 0.435. The largest absolute Gasteiger partial charge is 0.474 e. The molecule has 0 aliphatic rings. The fourth-order valence-corrected chi connectivity index (χ4v) is 1.70. The fourth-order valence-electron chi connectivity index (χ4n) is 1.70. The lowest BCUT2D eigenvalue weighted by Gasteiger charge is -2.16. The van der Waals surface area contributed by atoms with Crippen molar-refractivity contribution in [1.29, 1.82) is 0 Å². The lowest BCUT2D eigenvalue weighted by Crippen LogP contribution is -2.18. The van der Waals surface area contributed by atoms with Gasteiger partial charge in [0.25, 0.3) is 0 Å². The van der Waals surface area contributed by atoms with E-state index in [1.165, 1.54) is 17.0 Å². The van der Waals surface area contributed by atoms with Crippen LogP contribution in [0.1, 0.15) is 10.4 Å². The molecule has 0 radical (unpaired) electrons. The Labute approximate surface area is 126 Å². The number of rotatable bonds is 6. The Morgan fingerprint density at radius 2 is 1.86 bits per heavy atom. The van der Waals surface area contributed by atoms with Crippen LogP contribution in [0.2, 0.25) is 0 Å². The van der Waals surface area contributed by atoms with Gasteiger partial charge in [0.05, 0.1) is 19.1 Å². The van der Waals surface area contributed by atoms with Crippen LogP contribution in [0.4, 0.5) is 11.4 Å². The third-order valence-corrected chi connectivity index (χ3v) is 2.74. The van der Waals surface area contributed by atoms with Crippen molar-refractivity contribution >= 4 is 23.3 Å². The average molecular weight is 312 g/mol. The van der Waals surface area contributed by atoms with Crippen LogP contribution in [0, 0.1) is 10.1 Å². The molecular weight excluding hydrogens is 296 g/mol. The molecule has 22 heavy (non-hydrogen) atoms. The number of ether oxygens (including phenoxy) is 3. The van der Waals surface area contributed by atoms with Gasteiger partial charge in [0, 0.05) is 14.1 Å². The molecule has 0 fully saturated rings. The van der Waals surface area contributed by atoms with Gasteiger partial charge in [-0.05, 0) is 12.1 Å². The Balaban J connectivity index is 3.47. The molecular formula is C13H16N2O7. The first kappa shape index (κ1) is 17.2. The first-order valence-corrected chi connectivity index (χ1v) is 6.10. The minimum absolute atomic E-state index is 0.149. The zero-order valence-corrected chi connectivity index (χ0v) is 12.6. The molecule has 1 aromatic rings. The molecule has 0 spiro atoms. The van der Waals surface area contributed by atoms with Crippen LogP contribution in [-0.2, 0) is 14.3 Å². The first-order valence-electron chi connectivity index (χ1n) is 6.10. The molecule has 0 saturated carbocycles. The number of hydrogen-bond acceptors (Lipinski definition) is 8. The maximum atomic E-state index is 11.7. The Bertz CT molecular complexity index is 598. The fraction of sp³-hybridized carbons (Fsp3) is 0.385. The van der Waals surface area contributed by atoms with Crippen molar-refractivity contribution in [1.82, 2.24) is 0 Å². The zero-order valence-electron chi connectivity index (χ0n) is 12.6. The summed E-state index contributed by atoms with van der Waals surface area (Å²) < 4.78 is 14.1. The molecule has 1 aromatic carbocycles. The van der Waals surface area contributed by atoms with Gasteiger partial charge in [-0.15, -0.1) is 0 Å². The number of nitrogens with zero attached hydrogens (tertiary/aromatic N) is 2. The van der Waals surface area contributed by atoms with E-state index in [-0.39, 0.29) is 17.0 Å². The minimum Gasteiger partial charge on any atom is -0.474 e. The molecule has 9 nitrogen and oxygen atoms in total. The molecule has 9 heteroatoms. The molecule has 0 bridgehead atoms. The van der Waals surface area contributed by atoms with Crippen LogP contribution in [0.3, 0.4) is 0 Å². The van der Waals surface area contributed by atoms with E-state index in [4.69, 9.17) is 4.74 Å². The highest BCUT2D eigenvalue weighted by Gasteiger charge is 2.29. The standard InChI is InChI=1S/C13H16N2O7/c1-14(2)9-6-5-8(13(17)21-4)12(11(9)15(18)19)22-7-10(16)20-3/h5-6H,7H2,1-4H3. The van der Waals surface area contributed by atoms with E-state index >= 15 is 0 Å². The highest BCUT2D eigenvalue weighted by molar-refractivity contribution is 5.96. The van der Waals surface area contributed by atoms with E-state index < -0.39 is 29.2 Å². The zero-order chi connectivity index (χ0) is 16.9. The minimum atomic E-state index is -0.812. The summed E-state index contributed by atoms with van der Waals surface area (Å²) in [5, 5.41) is 11.4. The van der Waals surface area contributed by atoms with E-state index in [0.717, 1.165) is 14.2 Å². The third kappa shape index (κ3) is 3.62. The Morgan fingerprint density at radius 1 is 1.23 bits per heavy atom. The van der Waals surface area contributed by atoms with Crippen molar-refractivity contribution in [3.63, 3.8) is 0 Å². The maximum Gasteiger partial charge on any atom is 0.343 e. The normalized spacial score (nSPS) is 9.82. The topological polar surface area (TPSA) is 108 Å². The summed E-state index contributed by atoms with van der Waals surface area (Å²) in [6.45, 7) is -0.571. The Morgan fingerprint density at radius 3 is 2.32 bits per heavy atom. The molecule has 0 unspecified atom stereocenters. The highest BCUT2D eigenvalue weighted by Crippen LogP contribution is 2.39. The van der Waals surface area contributed by atoms with Crippen molar-refractivity contribution in [2.24, 2.45) is 0 Å². The number of carbonyl (C=O) groups excluding carboxylic acids is 2. The van der Waals surface area contributed by atoms with Crippen molar-refractivity contribution in [2.75, 3.05) is 39.8 Å². The summed E-state index contributed by atoms with van der Waals surface area (Å²) in [6, 6.07) is 2.73. The number of anilines is 1. The van der Waals surface area contributed by atoms with Crippen LogP contribution in [0.15, 0.2) is 12.1 Å². The predicted molar refractivity (Wildman–Crippen MR) is 76.3 cm³/mol. The van der Waals surface area contributed by atoms with Crippen molar-refractivity contribution in [3.8, 4) is 5.75 Å². The monoisotopic (exact) mass is 312 g/mol. The van der Waals surface area contributed by atoms with E-state index in [9.17, 15) is 19.7 Å². The van der Waals surface area contributed by atoms with Gasteiger partial charge in [0.15, 0.2) is 6.61 Å². The predicted octanol–water partition coefficient (Wildman–Crippen LogP) is 0.999. The second-order valence-corrected chi connectivity index (χ2v) is 4.32. The van der Waals surface area contributed by atoms with Gasteiger partial charge in [-0.1, -0.05) is 0 Å². The van der Waals surface area contributed by atoms with Crippen LogP contribution in [-0.4, -0.2) is 51.8 Å². The van der Waals surface area contributed by atoms with Gasteiger partial charge >= 0.3 is 17.6 Å². The second-order valence-electron chi connectivity index (χ2n) is 4.32. The number of nitro groups is 1. The number of methoxy groups -OCH3 is 2. The van der Waals surface area contributed by atoms with Crippen molar-refractivity contribution in [2.45, 2.75) is 0 Å². The van der Waals surface area contributed by atoms with Gasteiger partial charge in [0.1, 0.15) is 11.3 Å². The number of carbonyl (C=O) groups is 2. The summed E-state index contributed by atoms with van der Waals surface area (Å²) >= 11 is 0. The Kier molecular flexibility index (Phi) is 5.67. The van der Waals surface area contributed by atoms with Crippen molar-refractivity contribution in [3.05, 3.63) is 27.8 Å². The maximum absolute atomic E-state index is 11.7. The van der Waals surface area contributed by atoms with Crippen LogP contribution in [0.25, 0.3) is 0 Å². The van der Waals surface area contributed by atoms with Gasteiger partial charge in [-0.25, -0.2) is 9.59 Å². The van der Waals surface area contributed by atoms with Gasteiger partial charge < -0.3 is 19.1 Å². The summed E-state index contributed by atoms with van der Waals surface area (Å²) in [7, 11) is 5.49. The molecule has 120 valence electrons. The molecule has 0 heterocycles. The van der Waals surface area contributed by atoms with Gasteiger partial charge in [0.2, 0.25) is 5.75 Å². The van der Waals surface area contributed by atoms with Crippen LogP contribution in [0.5, 0.6) is 5.75 Å². The molecule has 0 saturated heterocycles. The molecule has 1 rings (SSSR count). The number of hydrogen-bond donors (Lipinski definition) is 0. The molecule has 0 aliphatic carbocycles. The van der Waals surface area contributed by atoms with Crippen molar-refractivity contribution < 1.29 is 28.7 Å². The SMILES string of the molecule is COC(=O)COc1c(C(=O)OC)ccc(N(C)C)c1[N+](=O)[O-]. The summed E-state index contributed by atoms with van der Waals surface area (Å²) in [5.74, 6) is -1.89. The molecule has 0 atom stereocenters. The van der Waals surface area contributed by atoms with Gasteiger partial charge in [-0.2, -0.15) is 0 Å². The summed E-state index contributed by atoms with van der Waals surface area (Å²) in [6.07, 6.45) is 0. The summed E-state index contributed by atoms with van der Waals surface area (Å²) in [4.78, 5) is 35.1. The lowest BCUT2D eigenvalue weighted by atomic mass is 10.1. The van der Waals surface area contributed by atoms with E-state index in [1.807, 2.05) is 0 Å². The first-order chi connectivity index (χ1) is 10.3. The second kappa shape index (κ2) is 7.25. The van der Waals surface area contributed by atoms with Crippen LogP contribution < -0.4 is 9.64 Å². The highest BCUT2D eigenvalue weighted by atomic mass is 16.6. The molecule has 0 amide bonds. The summed E-state index contributed by atoms with van der Waals surface area (Å²) in [5.41, 5.74) is -0.363. The van der Waals surface area contributed by atoms with E-state index in [2.05, 4.69) is 9.47 Å². The van der Waals surface area contributed by atoms with Gasteiger partial charge in [-0.3, -0.25) is 10.1 Å². The number of benzene rings is 1. The van der Waals surface area contributed by atoms with Crippen LogP contribution >= 0.6 is 0 Å². The number of nitro benzene ring substituents is 1. The smallest absolute Gasteiger partial charge is 0.343 e. The van der Waals surface area contributed by atoms with E-state index in [0.29, 0.717) is 0 Å². The average Bonchev–Trinajstić information content (AvgIpc) is 2.50. The Hall–Kier alpha value is -2.84. The van der Waals surface area contributed by atoms with E-state index in [1.54, 1.807) is 14.1 Å².